The molecule has 2 unspecified atom stereocenters. The first kappa shape index (κ1) is 13.2. The SMILES string of the molecule is CC1C(=O)N(c2cccc(F)c2C(=O)O)C(=O)C1C. The molecular weight excluding hydrogens is 253 g/mol. The molecule has 2 atom stereocenters. The average Bonchev–Trinajstić information content (AvgIpc) is 2.53. The third-order valence-corrected chi connectivity index (χ3v) is 3.42. The summed E-state index contributed by atoms with van der Waals surface area (Å²) < 4.78 is 13.6. The van der Waals surface area contributed by atoms with E-state index in [2.05, 4.69) is 0 Å². The number of benzene rings is 1. The van der Waals surface area contributed by atoms with Crippen LogP contribution in [0.25, 0.3) is 0 Å². The van der Waals surface area contributed by atoms with Crippen molar-refractivity contribution in [2.24, 2.45) is 11.8 Å². The summed E-state index contributed by atoms with van der Waals surface area (Å²) in [5.74, 6) is -4.59. The number of carboxylic acids is 1. The lowest BCUT2D eigenvalue weighted by Crippen LogP contribution is -2.32. The Morgan fingerprint density at radius 1 is 1.21 bits per heavy atom. The van der Waals surface area contributed by atoms with Gasteiger partial charge in [0.05, 0.1) is 5.69 Å². The molecule has 1 aromatic carbocycles. The standard InChI is InChI=1S/C13H12FNO4/c1-6-7(2)12(17)15(11(6)16)9-5-3-4-8(14)10(9)13(18)19/h3-7H,1-2H3,(H,18,19). The summed E-state index contributed by atoms with van der Waals surface area (Å²) >= 11 is 0. The van der Waals surface area contributed by atoms with Crippen molar-refractivity contribution in [3.63, 3.8) is 0 Å². The molecule has 2 amide bonds. The van der Waals surface area contributed by atoms with Crippen LogP contribution >= 0.6 is 0 Å². The molecule has 5 nitrogen and oxygen atoms in total. The average molecular weight is 265 g/mol. The van der Waals surface area contributed by atoms with Crippen LogP contribution in [0.3, 0.4) is 0 Å². The van der Waals surface area contributed by atoms with Crippen LogP contribution in [0.5, 0.6) is 0 Å². The number of carbonyl (C=O) groups excluding carboxylic acids is 2. The molecule has 1 fully saturated rings. The molecule has 1 aliphatic rings. The van der Waals surface area contributed by atoms with E-state index < -0.39 is 41.0 Å². The number of rotatable bonds is 2. The second-order valence-corrected chi connectivity index (χ2v) is 4.53. The molecule has 0 radical (unpaired) electrons. The van der Waals surface area contributed by atoms with Crippen LogP contribution in [-0.4, -0.2) is 22.9 Å². The van der Waals surface area contributed by atoms with Crippen LogP contribution in [0.4, 0.5) is 10.1 Å². The third kappa shape index (κ3) is 1.89. The second-order valence-electron chi connectivity index (χ2n) is 4.53. The van der Waals surface area contributed by atoms with Gasteiger partial charge in [-0.1, -0.05) is 19.9 Å². The number of anilines is 1. The van der Waals surface area contributed by atoms with E-state index in [4.69, 9.17) is 5.11 Å². The first-order chi connectivity index (χ1) is 8.86. The Bertz CT molecular complexity index is 564. The number of amides is 2. The first-order valence-corrected chi connectivity index (χ1v) is 5.76. The van der Waals surface area contributed by atoms with Crippen molar-refractivity contribution in [2.45, 2.75) is 13.8 Å². The quantitative estimate of drug-likeness (QED) is 0.825. The van der Waals surface area contributed by atoms with Gasteiger partial charge in [0.1, 0.15) is 11.4 Å². The fourth-order valence-electron chi connectivity index (χ4n) is 2.09. The van der Waals surface area contributed by atoms with Gasteiger partial charge in [-0.15, -0.1) is 0 Å². The number of carbonyl (C=O) groups is 3. The molecule has 1 aromatic rings. The summed E-state index contributed by atoms with van der Waals surface area (Å²) in [7, 11) is 0. The minimum absolute atomic E-state index is 0.210. The Hall–Kier alpha value is -2.24. The van der Waals surface area contributed by atoms with Gasteiger partial charge in [-0.3, -0.25) is 9.59 Å². The van der Waals surface area contributed by atoms with Gasteiger partial charge in [-0.2, -0.15) is 0 Å². The molecule has 19 heavy (non-hydrogen) atoms. The van der Waals surface area contributed by atoms with Gasteiger partial charge in [0.2, 0.25) is 11.8 Å². The molecule has 0 aliphatic carbocycles. The number of halogens is 1. The largest absolute Gasteiger partial charge is 0.478 e. The van der Waals surface area contributed by atoms with E-state index in [0.717, 1.165) is 11.0 Å². The minimum Gasteiger partial charge on any atom is -0.478 e. The molecule has 6 heteroatoms. The fourth-order valence-corrected chi connectivity index (χ4v) is 2.09. The van der Waals surface area contributed by atoms with Gasteiger partial charge >= 0.3 is 5.97 Å². The lowest BCUT2D eigenvalue weighted by molar-refractivity contribution is -0.122. The number of imide groups is 1. The van der Waals surface area contributed by atoms with Crippen LogP contribution in [0.2, 0.25) is 0 Å². The molecular formula is C13H12FNO4. The molecule has 1 aliphatic heterocycles. The summed E-state index contributed by atoms with van der Waals surface area (Å²) in [6.07, 6.45) is 0. The van der Waals surface area contributed by atoms with Crippen LogP contribution < -0.4 is 4.90 Å². The summed E-state index contributed by atoms with van der Waals surface area (Å²) in [4.78, 5) is 35.9. The summed E-state index contributed by atoms with van der Waals surface area (Å²) in [5.41, 5.74) is -0.871. The monoisotopic (exact) mass is 265 g/mol. The Morgan fingerprint density at radius 2 is 1.74 bits per heavy atom. The van der Waals surface area contributed by atoms with Crippen molar-refractivity contribution < 1.29 is 23.9 Å². The van der Waals surface area contributed by atoms with Gasteiger partial charge in [0.15, 0.2) is 0 Å². The van der Waals surface area contributed by atoms with Crippen LogP contribution in [0.1, 0.15) is 24.2 Å². The van der Waals surface area contributed by atoms with E-state index >= 15 is 0 Å². The normalized spacial score (nSPS) is 23.0. The van der Waals surface area contributed by atoms with Gasteiger partial charge in [-0.05, 0) is 12.1 Å². The number of hydrogen-bond acceptors (Lipinski definition) is 3. The highest BCUT2D eigenvalue weighted by Crippen LogP contribution is 2.33. The molecule has 1 N–H and O–H groups in total. The smallest absolute Gasteiger partial charge is 0.340 e. The lowest BCUT2D eigenvalue weighted by atomic mass is 10.00. The van der Waals surface area contributed by atoms with E-state index in [9.17, 15) is 18.8 Å². The Morgan fingerprint density at radius 3 is 2.21 bits per heavy atom. The number of carboxylic acid groups (broad SMARTS) is 1. The highest BCUT2D eigenvalue weighted by Gasteiger charge is 2.44. The Balaban J connectivity index is 2.60. The maximum atomic E-state index is 13.6. The molecule has 2 rings (SSSR count). The predicted octanol–water partition coefficient (Wildman–Crippen LogP) is 1.67. The van der Waals surface area contributed by atoms with Gasteiger partial charge in [0, 0.05) is 11.8 Å². The van der Waals surface area contributed by atoms with E-state index in [1.165, 1.54) is 12.1 Å². The van der Waals surface area contributed by atoms with Crippen LogP contribution in [-0.2, 0) is 9.59 Å². The zero-order chi connectivity index (χ0) is 14.3. The molecule has 1 saturated heterocycles. The van der Waals surface area contributed by atoms with Gasteiger partial charge in [0.25, 0.3) is 0 Å². The maximum Gasteiger partial charge on any atom is 0.340 e. The molecule has 100 valence electrons. The van der Waals surface area contributed by atoms with Crippen LogP contribution in [0, 0.1) is 17.7 Å². The third-order valence-electron chi connectivity index (χ3n) is 3.42. The Labute approximate surface area is 108 Å². The predicted molar refractivity (Wildman–Crippen MR) is 64.2 cm³/mol. The van der Waals surface area contributed by atoms with E-state index in [0.29, 0.717) is 0 Å². The van der Waals surface area contributed by atoms with E-state index in [-0.39, 0.29) is 5.69 Å². The summed E-state index contributed by atoms with van der Waals surface area (Å²) in [6, 6.07) is 3.50. The molecule has 0 bridgehead atoms. The molecule has 0 saturated carbocycles. The molecule has 0 aromatic heterocycles. The van der Waals surface area contributed by atoms with Gasteiger partial charge < -0.3 is 5.11 Å². The lowest BCUT2D eigenvalue weighted by Gasteiger charge is -2.17. The topological polar surface area (TPSA) is 74.7 Å². The highest BCUT2D eigenvalue weighted by molar-refractivity contribution is 6.23. The van der Waals surface area contributed by atoms with Crippen molar-refractivity contribution in [3.8, 4) is 0 Å². The Kier molecular flexibility index (Phi) is 3.09. The first-order valence-electron chi connectivity index (χ1n) is 5.76. The fraction of sp³-hybridized carbons (Fsp3) is 0.308. The van der Waals surface area contributed by atoms with Crippen molar-refractivity contribution in [1.82, 2.24) is 0 Å². The number of nitrogens with zero attached hydrogens (tertiary/aromatic N) is 1. The van der Waals surface area contributed by atoms with Crippen molar-refractivity contribution in [1.29, 1.82) is 0 Å². The number of aromatic carboxylic acids is 1. The van der Waals surface area contributed by atoms with E-state index in [1.54, 1.807) is 13.8 Å². The van der Waals surface area contributed by atoms with Crippen LogP contribution in [0.15, 0.2) is 18.2 Å². The minimum atomic E-state index is -1.51. The van der Waals surface area contributed by atoms with Crippen molar-refractivity contribution >= 4 is 23.5 Å². The molecule has 1 heterocycles. The maximum absolute atomic E-state index is 13.6. The molecule has 0 spiro atoms. The number of hydrogen-bond donors (Lipinski definition) is 1. The van der Waals surface area contributed by atoms with Gasteiger partial charge in [-0.25, -0.2) is 14.1 Å². The summed E-state index contributed by atoms with van der Waals surface area (Å²) in [5, 5.41) is 9.02. The van der Waals surface area contributed by atoms with Crippen molar-refractivity contribution in [2.75, 3.05) is 4.90 Å². The summed E-state index contributed by atoms with van der Waals surface area (Å²) in [6.45, 7) is 3.18. The van der Waals surface area contributed by atoms with E-state index in [1.807, 2.05) is 0 Å². The zero-order valence-electron chi connectivity index (χ0n) is 10.4. The highest BCUT2D eigenvalue weighted by atomic mass is 19.1. The second kappa shape index (κ2) is 4.46. The van der Waals surface area contributed by atoms with Crippen molar-refractivity contribution in [3.05, 3.63) is 29.6 Å². The zero-order valence-corrected chi connectivity index (χ0v) is 10.4.